The van der Waals surface area contributed by atoms with Gasteiger partial charge >= 0.3 is 0 Å². The first-order valence-corrected chi connectivity index (χ1v) is 6.38. The Bertz CT molecular complexity index is 329. The lowest BCUT2D eigenvalue weighted by molar-refractivity contribution is 0.329. The lowest BCUT2D eigenvalue weighted by Crippen LogP contribution is -2.18. The fourth-order valence-corrected chi connectivity index (χ4v) is 3.84. The van der Waals surface area contributed by atoms with Crippen molar-refractivity contribution in [3.8, 4) is 0 Å². The smallest absolute Gasteiger partial charge is 0.0595 e. The van der Waals surface area contributed by atoms with Gasteiger partial charge in [0.1, 0.15) is 0 Å². The van der Waals surface area contributed by atoms with E-state index in [1.54, 1.807) is 0 Å². The van der Waals surface area contributed by atoms with E-state index in [1.165, 1.54) is 43.3 Å². The summed E-state index contributed by atoms with van der Waals surface area (Å²) in [6.45, 7) is 15.1. The molecular weight excluding hydrogens is 194 g/mol. The van der Waals surface area contributed by atoms with Crippen molar-refractivity contribution in [2.24, 2.45) is 15.8 Å². The average Bonchev–Trinajstić information content (AvgIpc) is 2.86. The molecule has 1 heteroatoms. The Morgan fingerprint density at radius 2 is 1.56 bits per heavy atom. The van der Waals surface area contributed by atoms with Crippen LogP contribution in [0.3, 0.4) is 0 Å². The molecule has 0 aromatic rings. The lowest BCUT2D eigenvalue weighted by Gasteiger charge is -2.29. The largest absolute Gasteiger partial charge is 0.297 e. The van der Waals surface area contributed by atoms with Crippen molar-refractivity contribution in [3.05, 3.63) is 24.3 Å². The minimum Gasteiger partial charge on any atom is -0.297 e. The molecule has 0 spiro atoms. The Morgan fingerprint density at radius 3 is 2.00 bits per heavy atom. The van der Waals surface area contributed by atoms with Gasteiger partial charge in [0.05, 0.1) is 6.54 Å². The number of rotatable bonds is 5. The van der Waals surface area contributed by atoms with Crippen LogP contribution in [-0.4, -0.2) is 13.3 Å². The van der Waals surface area contributed by atoms with E-state index in [0.717, 1.165) is 13.0 Å². The summed E-state index contributed by atoms with van der Waals surface area (Å²) in [7, 11) is 0. The molecule has 2 aliphatic carbocycles. The van der Waals surface area contributed by atoms with Crippen LogP contribution in [0, 0.1) is 10.8 Å². The van der Waals surface area contributed by atoms with Crippen molar-refractivity contribution in [1.29, 1.82) is 0 Å². The van der Waals surface area contributed by atoms with Gasteiger partial charge in [0, 0.05) is 0 Å². The second kappa shape index (κ2) is 3.87. The molecule has 2 rings (SSSR count). The molecule has 16 heavy (non-hydrogen) atoms. The highest BCUT2D eigenvalue weighted by Gasteiger charge is 2.55. The second-order valence-corrected chi connectivity index (χ2v) is 5.68. The van der Waals surface area contributed by atoms with E-state index in [-0.39, 0.29) is 0 Å². The average molecular weight is 217 g/mol. The van der Waals surface area contributed by atoms with E-state index in [0.29, 0.717) is 10.8 Å². The lowest BCUT2D eigenvalue weighted by atomic mass is 9.76. The van der Waals surface area contributed by atoms with E-state index in [9.17, 15) is 0 Å². The Balaban J connectivity index is 2.17. The zero-order valence-corrected chi connectivity index (χ0v) is 10.5. The van der Waals surface area contributed by atoms with Crippen LogP contribution in [0.2, 0.25) is 0 Å². The fourth-order valence-electron chi connectivity index (χ4n) is 3.84. The minimum atomic E-state index is 0.374. The Kier molecular flexibility index (Phi) is 2.81. The quantitative estimate of drug-likeness (QED) is 0.484. The van der Waals surface area contributed by atoms with E-state index >= 15 is 0 Å². The third-order valence-corrected chi connectivity index (χ3v) is 5.07. The summed E-state index contributed by atoms with van der Waals surface area (Å²) in [6.07, 6.45) is 7.62. The van der Waals surface area contributed by atoms with Crippen LogP contribution in [0.5, 0.6) is 0 Å². The van der Waals surface area contributed by atoms with Crippen molar-refractivity contribution < 1.29 is 0 Å². The van der Waals surface area contributed by atoms with Gasteiger partial charge in [-0.05, 0) is 61.6 Å². The van der Waals surface area contributed by atoms with Gasteiger partial charge in [-0.2, -0.15) is 0 Å². The number of nitrogens with zero attached hydrogens (tertiary/aromatic N) is 1. The third-order valence-electron chi connectivity index (χ3n) is 5.07. The first kappa shape index (κ1) is 11.6. The summed E-state index contributed by atoms with van der Waals surface area (Å²) in [6, 6.07) is 0. The van der Waals surface area contributed by atoms with Gasteiger partial charge in [0.15, 0.2) is 0 Å². The summed E-state index contributed by atoms with van der Waals surface area (Å²) in [5.74, 6) is 0. The molecule has 1 nitrogen and oxygen atoms in total. The number of hydrogen-bond donors (Lipinski definition) is 0. The zero-order valence-electron chi connectivity index (χ0n) is 10.5. The van der Waals surface area contributed by atoms with E-state index < -0.39 is 0 Å². The molecule has 0 aliphatic heterocycles. The van der Waals surface area contributed by atoms with Gasteiger partial charge in [-0.1, -0.05) is 25.7 Å². The molecule has 2 bridgehead atoms. The van der Waals surface area contributed by atoms with Gasteiger partial charge < -0.3 is 0 Å². The maximum Gasteiger partial charge on any atom is 0.0595 e. The van der Waals surface area contributed by atoms with Gasteiger partial charge in [-0.25, -0.2) is 0 Å². The SMILES string of the molecule is C=NCC(=C)C12CCC(C(=C)CC)(CC1)C2. The molecule has 2 aliphatic rings. The van der Waals surface area contributed by atoms with Gasteiger partial charge in [0.2, 0.25) is 0 Å². The number of hydrogen-bond acceptors (Lipinski definition) is 1. The van der Waals surface area contributed by atoms with Gasteiger partial charge in [-0.15, -0.1) is 0 Å². The molecule has 0 aromatic carbocycles. The monoisotopic (exact) mass is 217 g/mol. The summed E-state index contributed by atoms with van der Waals surface area (Å²) in [5, 5.41) is 0. The number of aliphatic imine (C=N–C) groups is 1. The van der Waals surface area contributed by atoms with Gasteiger partial charge in [0.25, 0.3) is 0 Å². The summed E-state index contributed by atoms with van der Waals surface area (Å²) in [4.78, 5) is 4.01. The van der Waals surface area contributed by atoms with E-state index in [4.69, 9.17) is 0 Å². The maximum atomic E-state index is 4.30. The summed E-state index contributed by atoms with van der Waals surface area (Å²) < 4.78 is 0. The Labute approximate surface area is 99.4 Å². The topological polar surface area (TPSA) is 12.4 Å². The van der Waals surface area contributed by atoms with Crippen LogP contribution in [0.25, 0.3) is 0 Å². The molecule has 0 unspecified atom stereocenters. The third kappa shape index (κ3) is 1.49. The molecule has 0 N–H and O–H groups in total. The Morgan fingerprint density at radius 1 is 1.06 bits per heavy atom. The summed E-state index contributed by atoms with van der Waals surface area (Å²) >= 11 is 0. The predicted molar refractivity (Wildman–Crippen MR) is 70.9 cm³/mol. The molecule has 88 valence electrons. The predicted octanol–water partition coefficient (Wildman–Crippen LogP) is 4.16. The van der Waals surface area contributed by atoms with Crippen molar-refractivity contribution >= 4 is 6.72 Å². The minimum absolute atomic E-state index is 0.374. The van der Waals surface area contributed by atoms with Crippen molar-refractivity contribution in [2.45, 2.75) is 45.4 Å². The normalized spacial score (nSPS) is 36.3. The molecule has 2 saturated carbocycles. The van der Waals surface area contributed by atoms with Crippen LogP contribution in [0.15, 0.2) is 29.3 Å². The molecule has 0 heterocycles. The highest BCUT2D eigenvalue weighted by atomic mass is 14.7. The van der Waals surface area contributed by atoms with Crippen LogP contribution in [0.4, 0.5) is 0 Å². The zero-order chi connectivity index (χ0) is 11.8. The van der Waals surface area contributed by atoms with Crippen LogP contribution in [0.1, 0.15) is 45.4 Å². The molecule has 2 fully saturated rings. The first-order valence-electron chi connectivity index (χ1n) is 6.38. The molecule has 0 amide bonds. The standard InChI is InChI=1S/C15H23N/c1-5-12(2)14-6-8-15(11-14,9-7-14)13(3)10-16-4/h2-11H2,1H3. The van der Waals surface area contributed by atoms with Crippen LogP contribution in [-0.2, 0) is 0 Å². The molecular formula is C15H23N. The van der Waals surface area contributed by atoms with Crippen molar-refractivity contribution in [3.63, 3.8) is 0 Å². The van der Waals surface area contributed by atoms with E-state index in [1.807, 2.05) is 0 Å². The fraction of sp³-hybridized carbons (Fsp3) is 0.667. The number of allylic oxidation sites excluding steroid dienone is 1. The van der Waals surface area contributed by atoms with E-state index in [2.05, 4.69) is 31.8 Å². The van der Waals surface area contributed by atoms with Crippen molar-refractivity contribution in [1.82, 2.24) is 0 Å². The maximum absolute atomic E-state index is 4.30. The summed E-state index contributed by atoms with van der Waals surface area (Å²) in [5.41, 5.74) is 3.59. The second-order valence-electron chi connectivity index (χ2n) is 5.68. The van der Waals surface area contributed by atoms with Crippen molar-refractivity contribution in [2.75, 3.05) is 6.54 Å². The highest BCUT2D eigenvalue weighted by Crippen LogP contribution is 2.66. The van der Waals surface area contributed by atoms with Crippen LogP contribution < -0.4 is 0 Å². The first-order chi connectivity index (χ1) is 7.58. The molecule has 0 saturated heterocycles. The Hall–Kier alpha value is -0.850. The molecule has 0 aromatic heterocycles. The highest BCUT2D eigenvalue weighted by molar-refractivity contribution is 5.30. The van der Waals surface area contributed by atoms with Gasteiger partial charge in [-0.3, -0.25) is 4.99 Å². The molecule has 0 radical (unpaired) electrons. The number of fused-ring (bicyclic) bond motifs is 2. The molecule has 0 atom stereocenters. The van der Waals surface area contributed by atoms with Crippen LogP contribution >= 0.6 is 0 Å².